The average Bonchev–Trinajstić information content (AvgIpc) is 2.72. The van der Waals surface area contributed by atoms with Crippen LogP contribution in [0.25, 0.3) is 0 Å². The SMILES string of the molecule is CCN(C)C(=O)CNC1CCCC1S(C)(=O)=O. The predicted molar refractivity (Wildman–Crippen MR) is 67.6 cm³/mol. The van der Waals surface area contributed by atoms with Crippen LogP contribution in [0.1, 0.15) is 26.2 Å². The van der Waals surface area contributed by atoms with E-state index >= 15 is 0 Å². The van der Waals surface area contributed by atoms with Crippen LogP contribution in [-0.4, -0.2) is 56.9 Å². The molecule has 1 amide bonds. The Bertz CT molecular complexity index is 367. The van der Waals surface area contributed by atoms with Crippen molar-refractivity contribution < 1.29 is 13.2 Å². The van der Waals surface area contributed by atoms with E-state index in [1.807, 2.05) is 6.92 Å². The van der Waals surface area contributed by atoms with Crippen LogP contribution >= 0.6 is 0 Å². The van der Waals surface area contributed by atoms with Gasteiger partial charge in [-0.3, -0.25) is 4.79 Å². The summed E-state index contributed by atoms with van der Waals surface area (Å²) in [5.41, 5.74) is 0. The minimum Gasteiger partial charge on any atom is -0.345 e. The van der Waals surface area contributed by atoms with Crippen LogP contribution < -0.4 is 5.32 Å². The molecule has 0 saturated heterocycles. The highest BCUT2D eigenvalue weighted by atomic mass is 32.2. The molecular weight excluding hydrogens is 240 g/mol. The smallest absolute Gasteiger partial charge is 0.236 e. The van der Waals surface area contributed by atoms with Crippen LogP contribution in [0.3, 0.4) is 0 Å². The topological polar surface area (TPSA) is 66.5 Å². The number of nitrogens with zero attached hydrogens (tertiary/aromatic N) is 1. The van der Waals surface area contributed by atoms with Gasteiger partial charge < -0.3 is 10.2 Å². The Hall–Kier alpha value is -0.620. The largest absolute Gasteiger partial charge is 0.345 e. The van der Waals surface area contributed by atoms with Crippen LogP contribution in [0.5, 0.6) is 0 Å². The van der Waals surface area contributed by atoms with Gasteiger partial charge in [0.15, 0.2) is 9.84 Å². The quantitative estimate of drug-likeness (QED) is 0.758. The lowest BCUT2D eigenvalue weighted by Crippen LogP contribution is -2.45. The molecule has 0 aliphatic heterocycles. The zero-order valence-corrected chi connectivity index (χ0v) is 11.6. The second-order valence-electron chi connectivity index (χ2n) is 4.69. The zero-order valence-electron chi connectivity index (χ0n) is 10.8. The van der Waals surface area contributed by atoms with Crippen molar-refractivity contribution in [1.29, 1.82) is 0 Å². The van der Waals surface area contributed by atoms with E-state index in [1.54, 1.807) is 11.9 Å². The number of hydrogen-bond acceptors (Lipinski definition) is 4. The van der Waals surface area contributed by atoms with Crippen molar-refractivity contribution in [1.82, 2.24) is 10.2 Å². The van der Waals surface area contributed by atoms with Gasteiger partial charge in [0.25, 0.3) is 0 Å². The molecule has 1 rings (SSSR count). The summed E-state index contributed by atoms with van der Waals surface area (Å²) >= 11 is 0. The Labute approximate surface area is 103 Å². The van der Waals surface area contributed by atoms with Gasteiger partial charge in [-0.15, -0.1) is 0 Å². The number of carbonyl (C=O) groups is 1. The fourth-order valence-corrected chi connectivity index (χ4v) is 3.63. The summed E-state index contributed by atoms with van der Waals surface area (Å²) in [5.74, 6) is 0.00616. The molecule has 0 aromatic carbocycles. The molecule has 1 saturated carbocycles. The molecule has 2 atom stereocenters. The Kier molecular flexibility index (Phi) is 4.94. The fourth-order valence-electron chi connectivity index (χ4n) is 2.20. The second-order valence-corrected chi connectivity index (χ2v) is 6.96. The van der Waals surface area contributed by atoms with E-state index in [1.165, 1.54) is 6.26 Å². The third kappa shape index (κ3) is 3.96. The van der Waals surface area contributed by atoms with Crippen molar-refractivity contribution in [2.45, 2.75) is 37.5 Å². The maximum atomic E-state index is 11.6. The molecular formula is C11H22N2O3S. The van der Waals surface area contributed by atoms with Crippen molar-refractivity contribution in [3.8, 4) is 0 Å². The van der Waals surface area contributed by atoms with E-state index < -0.39 is 9.84 Å². The first kappa shape index (κ1) is 14.4. The Morgan fingerprint density at radius 1 is 1.41 bits per heavy atom. The molecule has 17 heavy (non-hydrogen) atoms. The number of carbonyl (C=O) groups excluding carboxylic acids is 1. The molecule has 1 aliphatic rings. The van der Waals surface area contributed by atoms with E-state index in [-0.39, 0.29) is 23.7 Å². The predicted octanol–water partition coefficient (Wildman–Crippen LogP) is 0.0200. The monoisotopic (exact) mass is 262 g/mol. The van der Waals surface area contributed by atoms with Gasteiger partial charge in [0.05, 0.1) is 11.8 Å². The minimum atomic E-state index is -3.01. The number of likely N-dealkylation sites (N-methyl/N-ethyl adjacent to an activating group) is 1. The number of rotatable bonds is 5. The minimum absolute atomic E-state index is 0.00616. The van der Waals surface area contributed by atoms with E-state index in [0.29, 0.717) is 13.0 Å². The Balaban J connectivity index is 2.49. The first-order chi connectivity index (χ1) is 7.86. The van der Waals surface area contributed by atoms with Gasteiger partial charge in [0, 0.05) is 25.9 Å². The van der Waals surface area contributed by atoms with Crippen molar-refractivity contribution >= 4 is 15.7 Å². The van der Waals surface area contributed by atoms with Gasteiger partial charge in [0.2, 0.25) is 5.91 Å². The molecule has 0 aromatic heterocycles. The van der Waals surface area contributed by atoms with Crippen LogP contribution in [0, 0.1) is 0 Å². The number of nitrogens with one attached hydrogen (secondary N) is 1. The normalized spacial score (nSPS) is 24.9. The molecule has 6 heteroatoms. The molecule has 100 valence electrons. The molecule has 0 heterocycles. The lowest BCUT2D eigenvalue weighted by Gasteiger charge is -2.21. The third-order valence-corrected chi connectivity index (χ3v) is 5.08. The summed E-state index contributed by atoms with van der Waals surface area (Å²) in [6.07, 6.45) is 3.72. The molecule has 2 unspecified atom stereocenters. The van der Waals surface area contributed by atoms with Gasteiger partial charge >= 0.3 is 0 Å². The first-order valence-corrected chi connectivity index (χ1v) is 7.98. The van der Waals surface area contributed by atoms with E-state index in [4.69, 9.17) is 0 Å². The Morgan fingerprint density at radius 3 is 2.59 bits per heavy atom. The average molecular weight is 262 g/mol. The summed E-state index contributed by atoms with van der Waals surface area (Å²) in [6.45, 7) is 2.80. The maximum Gasteiger partial charge on any atom is 0.236 e. The van der Waals surface area contributed by atoms with E-state index in [0.717, 1.165) is 12.8 Å². The number of amides is 1. The zero-order chi connectivity index (χ0) is 13.1. The molecule has 1 aliphatic carbocycles. The highest BCUT2D eigenvalue weighted by molar-refractivity contribution is 7.91. The van der Waals surface area contributed by atoms with Crippen molar-refractivity contribution in [3.05, 3.63) is 0 Å². The van der Waals surface area contributed by atoms with Crippen molar-refractivity contribution in [2.24, 2.45) is 0 Å². The van der Waals surface area contributed by atoms with Gasteiger partial charge in [-0.25, -0.2) is 8.42 Å². The molecule has 0 spiro atoms. The summed E-state index contributed by atoms with van der Waals surface area (Å²) < 4.78 is 23.1. The standard InChI is InChI=1S/C11H22N2O3S/c1-4-13(2)11(14)8-12-9-6-5-7-10(9)17(3,15)16/h9-10,12H,4-8H2,1-3H3. The number of hydrogen-bond donors (Lipinski definition) is 1. The van der Waals surface area contributed by atoms with E-state index in [2.05, 4.69) is 5.32 Å². The molecule has 1 N–H and O–H groups in total. The van der Waals surface area contributed by atoms with Crippen LogP contribution in [-0.2, 0) is 14.6 Å². The van der Waals surface area contributed by atoms with Crippen LogP contribution in [0.15, 0.2) is 0 Å². The second kappa shape index (κ2) is 5.82. The Morgan fingerprint density at radius 2 is 2.06 bits per heavy atom. The third-order valence-electron chi connectivity index (χ3n) is 3.42. The highest BCUT2D eigenvalue weighted by Gasteiger charge is 2.34. The van der Waals surface area contributed by atoms with Crippen LogP contribution in [0.2, 0.25) is 0 Å². The van der Waals surface area contributed by atoms with Gasteiger partial charge in [-0.2, -0.15) is 0 Å². The van der Waals surface area contributed by atoms with Gasteiger partial charge in [0.1, 0.15) is 0 Å². The van der Waals surface area contributed by atoms with Gasteiger partial charge in [-0.1, -0.05) is 6.42 Å². The maximum absolute atomic E-state index is 11.6. The summed E-state index contributed by atoms with van der Waals surface area (Å²) in [7, 11) is -1.27. The summed E-state index contributed by atoms with van der Waals surface area (Å²) in [6, 6.07) is -0.0702. The lowest BCUT2D eigenvalue weighted by atomic mass is 10.2. The molecule has 0 bridgehead atoms. The molecule has 0 aromatic rings. The molecule has 5 nitrogen and oxygen atoms in total. The van der Waals surface area contributed by atoms with Crippen molar-refractivity contribution in [3.63, 3.8) is 0 Å². The van der Waals surface area contributed by atoms with Gasteiger partial charge in [-0.05, 0) is 19.8 Å². The lowest BCUT2D eigenvalue weighted by molar-refractivity contribution is -0.128. The summed E-state index contributed by atoms with van der Waals surface area (Å²) in [4.78, 5) is 13.2. The molecule has 1 fully saturated rings. The van der Waals surface area contributed by atoms with Crippen LogP contribution in [0.4, 0.5) is 0 Å². The van der Waals surface area contributed by atoms with E-state index in [9.17, 15) is 13.2 Å². The fraction of sp³-hybridized carbons (Fsp3) is 0.909. The number of sulfone groups is 1. The molecule has 0 radical (unpaired) electrons. The first-order valence-electron chi connectivity index (χ1n) is 6.02. The summed E-state index contributed by atoms with van der Waals surface area (Å²) in [5, 5.41) is 2.75. The highest BCUT2D eigenvalue weighted by Crippen LogP contribution is 2.24. The van der Waals surface area contributed by atoms with Crippen molar-refractivity contribution in [2.75, 3.05) is 26.4 Å².